The van der Waals surface area contributed by atoms with E-state index in [9.17, 15) is 14.4 Å². The van der Waals surface area contributed by atoms with E-state index in [1.807, 2.05) is 62.3 Å². The first-order valence-corrected chi connectivity index (χ1v) is 15.3. The van der Waals surface area contributed by atoms with Crippen molar-refractivity contribution in [3.63, 3.8) is 0 Å². The molecule has 0 aromatic heterocycles. The van der Waals surface area contributed by atoms with E-state index < -0.39 is 35.1 Å². The maximum absolute atomic E-state index is 13.2. The number of carbonyl (C=O) groups is 3. The van der Waals surface area contributed by atoms with Crippen LogP contribution in [0.5, 0.6) is 0 Å². The van der Waals surface area contributed by atoms with Gasteiger partial charge in [-0.3, -0.25) is 4.90 Å². The highest BCUT2D eigenvalue weighted by molar-refractivity contribution is 14.1. The standard InChI is InChI=1S/C30H49IN4O6/c1-28(2,3)39-25(36)33-16-14-32(22-23-10-12-24(31)13-11-23)15-17-34(26(37)40-29(4,5)6)19-21-35(20-18-33)27(38)41-30(7,8)9/h10-13H,14-22H2,1-9H3. The number of benzene rings is 1. The van der Waals surface area contributed by atoms with Crippen molar-refractivity contribution in [3.05, 3.63) is 33.4 Å². The van der Waals surface area contributed by atoms with E-state index in [4.69, 9.17) is 14.2 Å². The Bertz CT molecular complexity index is 970. The monoisotopic (exact) mass is 688 g/mol. The van der Waals surface area contributed by atoms with Gasteiger partial charge in [0.25, 0.3) is 0 Å². The van der Waals surface area contributed by atoms with Gasteiger partial charge < -0.3 is 28.9 Å². The summed E-state index contributed by atoms with van der Waals surface area (Å²) in [6, 6.07) is 8.32. The molecule has 1 heterocycles. The van der Waals surface area contributed by atoms with Crippen molar-refractivity contribution in [2.75, 3.05) is 52.4 Å². The second kappa shape index (κ2) is 14.8. The maximum Gasteiger partial charge on any atom is 0.410 e. The smallest absolute Gasteiger partial charge is 0.410 e. The van der Waals surface area contributed by atoms with Gasteiger partial charge in [0.1, 0.15) is 16.8 Å². The maximum atomic E-state index is 13.2. The highest BCUT2D eigenvalue weighted by atomic mass is 127. The Morgan fingerprint density at radius 3 is 1.17 bits per heavy atom. The van der Waals surface area contributed by atoms with Crippen molar-refractivity contribution < 1.29 is 28.6 Å². The molecule has 10 nitrogen and oxygen atoms in total. The fourth-order valence-corrected chi connectivity index (χ4v) is 4.35. The van der Waals surface area contributed by atoms with Gasteiger partial charge in [0.2, 0.25) is 0 Å². The van der Waals surface area contributed by atoms with E-state index in [1.54, 1.807) is 14.7 Å². The van der Waals surface area contributed by atoms with Gasteiger partial charge in [-0.15, -0.1) is 0 Å². The molecule has 0 aliphatic carbocycles. The van der Waals surface area contributed by atoms with Crippen molar-refractivity contribution in [3.8, 4) is 0 Å². The van der Waals surface area contributed by atoms with Crippen molar-refractivity contribution in [2.45, 2.75) is 85.7 Å². The summed E-state index contributed by atoms with van der Waals surface area (Å²) in [5, 5.41) is 0. The number of hydrogen-bond acceptors (Lipinski definition) is 7. The Kier molecular flexibility index (Phi) is 12.6. The minimum atomic E-state index is -0.688. The molecule has 0 bridgehead atoms. The van der Waals surface area contributed by atoms with Crippen LogP contribution >= 0.6 is 22.6 Å². The highest BCUT2D eigenvalue weighted by Gasteiger charge is 2.29. The van der Waals surface area contributed by atoms with Crippen LogP contribution in [0.2, 0.25) is 0 Å². The Balaban J connectivity index is 2.36. The number of rotatable bonds is 2. The highest BCUT2D eigenvalue weighted by Crippen LogP contribution is 2.16. The Morgan fingerprint density at radius 1 is 0.585 bits per heavy atom. The molecule has 0 N–H and O–H groups in total. The summed E-state index contributed by atoms with van der Waals surface area (Å²) >= 11 is 2.28. The molecule has 1 aromatic rings. The lowest BCUT2D eigenvalue weighted by Crippen LogP contribution is -2.51. The molecule has 232 valence electrons. The van der Waals surface area contributed by atoms with Gasteiger partial charge >= 0.3 is 18.3 Å². The molecule has 2 rings (SSSR count). The summed E-state index contributed by atoms with van der Waals surface area (Å²) in [6.45, 7) is 20.0. The summed E-state index contributed by atoms with van der Waals surface area (Å²) in [5.41, 5.74) is -0.853. The number of halogens is 1. The van der Waals surface area contributed by atoms with Crippen molar-refractivity contribution >= 4 is 40.9 Å². The fraction of sp³-hybridized carbons (Fsp3) is 0.700. The van der Waals surface area contributed by atoms with E-state index in [2.05, 4.69) is 51.8 Å². The Morgan fingerprint density at radius 2 is 0.878 bits per heavy atom. The molecular formula is C30H49IN4O6. The molecule has 1 fully saturated rings. The molecule has 11 heteroatoms. The summed E-state index contributed by atoms with van der Waals surface area (Å²) in [5.74, 6) is 0. The van der Waals surface area contributed by atoms with Gasteiger partial charge in [-0.05, 0) is 103 Å². The molecule has 1 saturated heterocycles. The van der Waals surface area contributed by atoms with Crippen LogP contribution in [0.1, 0.15) is 67.9 Å². The summed E-state index contributed by atoms with van der Waals surface area (Å²) in [4.78, 5) is 46.6. The largest absolute Gasteiger partial charge is 0.444 e. The first-order valence-electron chi connectivity index (χ1n) is 14.2. The zero-order chi connectivity index (χ0) is 31.0. The van der Waals surface area contributed by atoms with Crippen molar-refractivity contribution in [1.82, 2.24) is 19.6 Å². The van der Waals surface area contributed by atoms with Crippen LogP contribution in [0.15, 0.2) is 24.3 Å². The summed E-state index contributed by atoms with van der Waals surface area (Å²) in [7, 11) is 0. The van der Waals surface area contributed by atoms with Gasteiger partial charge in [-0.25, -0.2) is 14.4 Å². The molecule has 0 atom stereocenters. The van der Waals surface area contributed by atoms with E-state index in [0.717, 1.165) is 9.13 Å². The minimum Gasteiger partial charge on any atom is -0.444 e. The number of hydrogen-bond donors (Lipinski definition) is 0. The van der Waals surface area contributed by atoms with Crippen molar-refractivity contribution in [2.24, 2.45) is 0 Å². The lowest BCUT2D eigenvalue weighted by molar-refractivity contribution is 0.00450. The second-order valence-corrected chi connectivity index (χ2v) is 14.6. The SMILES string of the molecule is CC(C)(C)OC(=O)N1CCN(Cc2ccc(I)cc2)CCN(C(=O)OC(C)(C)C)CCN(C(=O)OC(C)(C)C)CC1. The van der Waals surface area contributed by atoms with Crippen LogP contribution in [0, 0.1) is 3.57 Å². The topological polar surface area (TPSA) is 91.9 Å². The molecule has 0 radical (unpaired) electrons. The quantitative estimate of drug-likeness (QED) is 0.286. The lowest BCUT2D eigenvalue weighted by atomic mass is 10.2. The Labute approximate surface area is 259 Å². The van der Waals surface area contributed by atoms with Crippen LogP contribution in [0.25, 0.3) is 0 Å². The van der Waals surface area contributed by atoms with Crippen LogP contribution in [0.4, 0.5) is 14.4 Å². The third kappa shape index (κ3) is 14.0. The van der Waals surface area contributed by atoms with Crippen LogP contribution in [-0.2, 0) is 20.8 Å². The normalized spacial score (nSPS) is 16.9. The number of ether oxygens (including phenoxy) is 3. The van der Waals surface area contributed by atoms with Gasteiger partial charge in [0.15, 0.2) is 0 Å². The molecule has 0 unspecified atom stereocenters. The van der Waals surface area contributed by atoms with Crippen LogP contribution in [0.3, 0.4) is 0 Å². The molecular weight excluding hydrogens is 639 g/mol. The zero-order valence-electron chi connectivity index (χ0n) is 26.3. The first-order chi connectivity index (χ1) is 18.8. The van der Waals surface area contributed by atoms with Gasteiger partial charge in [0, 0.05) is 62.5 Å². The fourth-order valence-electron chi connectivity index (χ4n) is 3.99. The molecule has 0 spiro atoms. The molecule has 1 aliphatic heterocycles. The van der Waals surface area contributed by atoms with Crippen LogP contribution < -0.4 is 0 Å². The third-order valence-corrected chi connectivity index (χ3v) is 6.65. The van der Waals surface area contributed by atoms with E-state index in [-0.39, 0.29) is 26.2 Å². The van der Waals surface area contributed by atoms with Gasteiger partial charge in [-0.2, -0.15) is 0 Å². The predicted molar refractivity (Wildman–Crippen MR) is 168 cm³/mol. The predicted octanol–water partition coefficient (Wildman–Crippen LogP) is 5.82. The van der Waals surface area contributed by atoms with Gasteiger partial charge in [-0.1, -0.05) is 12.1 Å². The number of amides is 3. The summed E-state index contributed by atoms with van der Waals surface area (Å²) in [6.07, 6.45) is -1.35. The zero-order valence-corrected chi connectivity index (χ0v) is 28.4. The van der Waals surface area contributed by atoms with E-state index in [0.29, 0.717) is 32.7 Å². The average Bonchev–Trinajstić information content (AvgIpc) is 2.78. The molecule has 1 aromatic carbocycles. The van der Waals surface area contributed by atoms with E-state index >= 15 is 0 Å². The molecule has 41 heavy (non-hydrogen) atoms. The third-order valence-electron chi connectivity index (χ3n) is 5.93. The number of carbonyl (C=O) groups excluding carboxylic acids is 3. The summed E-state index contributed by atoms with van der Waals surface area (Å²) < 4.78 is 18.2. The molecule has 0 saturated carbocycles. The minimum absolute atomic E-state index is 0.230. The average molecular weight is 689 g/mol. The molecule has 1 aliphatic rings. The first kappa shape index (κ1) is 34.9. The Hall–Kier alpha value is -2.28. The number of nitrogens with zero attached hydrogens (tertiary/aromatic N) is 4. The van der Waals surface area contributed by atoms with Crippen LogP contribution in [-0.4, -0.2) is 107 Å². The van der Waals surface area contributed by atoms with E-state index in [1.165, 1.54) is 0 Å². The molecule has 3 amide bonds. The lowest BCUT2D eigenvalue weighted by Gasteiger charge is -2.35. The van der Waals surface area contributed by atoms with Crippen molar-refractivity contribution in [1.29, 1.82) is 0 Å². The second-order valence-electron chi connectivity index (χ2n) is 13.3. The van der Waals surface area contributed by atoms with Gasteiger partial charge in [0.05, 0.1) is 0 Å².